The highest BCUT2D eigenvalue weighted by Gasteiger charge is 2.36. The average Bonchev–Trinajstić information content (AvgIpc) is 1.25. The highest BCUT2D eigenvalue weighted by molar-refractivity contribution is 9.25. The predicted octanol–water partition coefficient (Wildman–Crippen LogP) is 3.69. The minimum atomic E-state index is -0.785. The molecule has 0 amide bonds. The van der Waals surface area contributed by atoms with Gasteiger partial charge in [-0.2, -0.15) is 0 Å². The van der Waals surface area contributed by atoms with E-state index in [1.54, 1.807) is 6.92 Å². The van der Waals surface area contributed by atoms with Crippen molar-refractivity contribution in [2.75, 3.05) is 0 Å². The fourth-order valence-corrected chi connectivity index (χ4v) is 0. The van der Waals surface area contributed by atoms with Gasteiger partial charge in [0.1, 0.15) is 7.57 Å². The molecular weight excluding hydrogens is 279 g/mol. The zero-order valence-corrected chi connectivity index (χ0v) is 9.20. The zero-order chi connectivity index (χ0) is 7.00. The van der Waals surface area contributed by atoms with E-state index in [9.17, 15) is 0 Å². The molecule has 0 unspecified atom stereocenters. The molecule has 0 saturated carbocycles. The molecule has 50 valence electrons. The molecule has 0 aliphatic heterocycles. The Balaban J connectivity index is 4.02. The third-order valence-corrected chi connectivity index (χ3v) is 4.03. The van der Waals surface area contributed by atoms with Gasteiger partial charge in [0.15, 0.2) is 0 Å². The van der Waals surface area contributed by atoms with E-state index in [2.05, 4.69) is 31.9 Å². The van der Waals surface area contributed by atoms with Crippen LogP contribution in [0, 0.1) is 0 Å². The average molecular weight is 285 g/mol. The minimum absolute atomic E-state index is 0.407. The smallest absolute Gasteiger partial charge is 0.0995 e. The number of hydrogen-bond donors (Lipinski definition) is 0. The van der Waals surface area contributed by atoms with E-state index in [1.807, 2.05) is 6.92 Å². The van der Waals surface area contributed by atoms with Gasteiger partial charge in [0, 0.05) is 0 Å². The third kappa shape index (κ3) is 2.90. The van der Waals surface area contributed by atoms with Crippen molar-refractivity contribution in [3.63, 3.8) is 0 Å². The van der Waals surface area contributed by atoms with Crippen molar-refractivity contribution in [1.29, 1.82) is 0 Å². The van der Waals surface area contributed by atoms with Crippen LogP contribution < -0.4 is 0 Å². The number of alkyl halides is 4. The Labute approximate surface area is 76.2 Å². The van der Waals surface area contributed by atoms with Gasteiger partial charge in [0.2, 0.25) is 0 Å². The number of halogens is 4. The molecule has 0 aromatic carbocycles. The van der Waals surface area contributed by atoms with Crippen LogP contribution in [0.1, 0.15) is 13.8 Å². The topological polar surface area (TPSA) is 0 Å². The molecule has 0 aliphatic carbocycles. The normalized spacial score (nSPS) is 14.2. The summed E-state index contributed by atoms with van der Waals surface area (Å²) in [6.07, 6.45) is 0. The second kappa shape index (κ2) is 2.65. The molecule has 0 spiro atoms. The van der Waals surface area contributed by atoms with Crippen LogP contribution in [0.2, 0.25) is 0 Å². The summed E-state index contributed by atoms with van der Waals surface area (Å²) in [5.74, 6) is 0. The van der Waals surface area contributed by atoms with Crippen molar-refractivity contribution in [2.45, 2.75) is 21.4 Å². The Morgan fingerprint density at radius 2 is 1.25 bits per heavy atom. The first-order valence-corrected chi connectivity index (χ1v) is 4.35. The van der Waals surface area contributed by atoms with Crippen molar-refractivity contribution in [1.82, 2.24) is 0 Å². The largest absolute Gasteiger partial charge is 0.140 e. The van der Waals surface area contributed by atoms with Crippen LogP contribution in [0.15, 0.2) is 0 Å². The van der Waals surface area contributed by atoms with Crippen LogP contribution >= 0.6 is 55.1 Å². The molecular formula is C4H6Br2Cl2. The first-order chi connectivity index (χ1) is 3.25. The Morgan fingerprint density at radius 1 is 1.12 bits per heavy atom. The molecule has 0 aromatic heterocycles. The summed E-state index contributed by atoms with van der Waals surface area (Å²) >= 11 is 17.9. The Morgan fingerprint density at radius 3 is 1.25 bits per heavy atom. The van der Waals surface area contributed by atoms with E-state index in [4.69, 9.17) is 23.2 Å². The molecule has 0 nitrogen and oxygen atoms in total. The predicted molar refractivity (Wildman–Crippen MR) is 46.4 cm³/mol. The fourth-order valence-electron chi connectivity index (χ4n) is 0. The zero-order valence-electron chi connectivity index (χ0n) is 4.51. The molecule has 4 heteroatoms. The van der Waals surface area contributed by atoms with Gasteiger partial charge in [-0.1, -0.05) is 55.1 Å². The van der Waals surface area contributed by atoms with Crippen LogP contribution in [0.4, 0.5) is 0 Å². The van der Waals surface area contributed by atoms with Gasteiger partial charge in [-0.05, 0) is 13.8 Å². The Kier molecular flexibility index (Phi) is 3.16. The molecule has 8 heavy (non-hydrogen) atoms. The molecule has 0 N–H and O–H groups in total. The van der Waals surface area contributed by atoms with Crippen LogP contribution in [-0.4, -0.2) is 7.57 Å². The van der Waals surface area contributed by atoms with Crippen LogP contribution in [0.25, 0.3) is 0 Å². The van der Waals surface area contributed by atoms with Crippen molar-refractivity contribution >= 4 is 55.1 Å². The second-order valence-corrected chi connectivity index (χ2v) is 7.72. The van der Waals surface area contributed by atoms with E-state index in [1.165, 1.54) is 0 Å². The van der Waals surface area contributed by atoms with E-state index in [-0.39, 0.29) is 0 Å². The van der Waals surface area contributed by atoms with E-state index < -0.39 is 7.57 Å². The van der Waals surface area contributed by atoms with Gasteiger partial charge in [-0.3, -0.25) is 0 Å². The molecule has 0 heterocycles. The lowest BCUT2D eigenvalue weighted by Crippen LogP contribution is -2.27. The highest BCUT2D eigenvalue weighted by Crippen LogP contribution is 2.44. The van der Waals surface area contributed by atoms with Crippen LogP contribution in [-0.2, 0) is 0 Å². The SMILES string of the molecule is CC(Cl)(Cl)C(C)(Br)Br. The Hall–Kier alpha value is 1.54. The highest BCUT2D eigenvalue weighted by atomic mass is 79.9. The summed E-state index contributed by atoms with van der Waals surface area (Å²) in [5, 5.41) is 0. The van der Waals surface area contributed by atoms with E-state index in [0.717, 1.165) is 0 Å². The van der Waals surface area contributed by atoms with Gasteiger partial charge in [0.05, 0.1) is 0 Å². The van der Waals surface area contributed by atoms with Gasteiger partial charge in [0.25, 0.3) is 0 Å². The molecule has 0 bridgehead atoms. The van der Waals surface area contributed by atoms with Gasteiger partial charge >= 0.3 is 0 Å². The first kappa shape index (κ1) is 9.54. The summed E-state index contributed by atoms with van der Waals surface area (Å²) < 4.78 is -1.19. The van der Waals surface area contributed by atoms with Crippen molar-refractivity contribution in [3.8, 4) is 0 Å². The van der Waals surface area contributed by atoms with Gasteiger partial charge < -0.3 is 0 Å². The maximum Gasteiger partial charge on any atom is 0.140 e. The lowest BCUT2D eigenvalue weighted by atomic mass is 10.4. The molecule has 0 atom stereocenters. The first-order valence-electron chi connectivity index (χ1n) is 2.01. The minimum Gasteiger partial charge on any atom is -0.0995 e. The molecule has 0 aliphatic rings. The standard InChI is InChI=1S/C4H6Br2Cl2/c1-3(5,6)4(2,7)8/h1-2H3. The van der Waals surface area contributed by atoms with Crippen molar-refractivity contribution in [2.24, 2.45) is 0 Å². The summed E-state index contributed by atoms with van der Waals surface area (Å²) in [4.78, 5) is 0. The second-order valence-electron chi connectivity index (χ2n) is 1.78. The quantitative estimate of drug-likeness (QED) is 0.644. The molecule has 0 saturated heterocycles. The van der Waals surface area contributed by atoms with E-state index in [0.29, 0.717) is 0 Å². The number of rotatable bonds is 1. The molecule has 0 fully saturated rings. The summed E-state index contributed by atoms with van der Waals surface area (Å²) in [6, 6.07) is 0. The van der Waals surface area contributed by atoms with Crippen molar-refractivity contribution < 1.29 is 0 Å². The van der Waals surface area contributed by atoms with Gasteiger partial charge in [-0.15, -0.1) is 0 Å². The monoisotopic (exact) mass is 282 g/mol. The lowest BCUT2D eigenvalue weighted by molar-refractivity contribution is 0.815. The number of hydrogen-bond acceptors (Lipinski definition) is 0. The van der Waals surface area contributed by atoms with E-state index >= 15 is 0 Å². The van der Waals surface area contributed by atoms with Crippen LogP contribution in [0.5, 0.6) is 0 Å². The third-order valence-electron chi connectivity index (χ3n) is 0.771. The van der Waals surface area contributed by atoms with Gasteiger partial charge in [-0.25, -0.2) is 0 Å². The summed E-state index contributed by atoms with van der Waals surface area (Å²) in [5.41, 5.74) is 0. The van der Waals surface area contributed by atoms with Crippen LogP contribution in [0.3, 0.4) is 0 Å². The summed E-state index contributed by atoms with van der Waals surface area (Å²) in [6.45, 7) is 3.55. The maximum atomic E-state index is 5.68. The Bertz CT molecular complexity index is 67.0. The molecule has 0 rings (SSSR count). The molecule has 0 aromatic rings. The molecule has 0 radical (unpaired) electrons. The summed E-state index contributed by atoms with van der Waals surface area (Å²) in [7, 11) is 0. The fraction of sp³-hybridized carbons (Fsp3) is 1.00. The lowest BCUT2D eigenvalue weighted by Gasteiger charge is -2.25. The maximum absolute atomic E-state index is 5.68. The van der Waals surface area contributed by atoms with Crippen molar-refractivity contribution in [3.05, 3.63) is 0 Å².